The van der Waals surface area contributed by atoms with Crippen LogP contribution >= 0.6 is 34.2 Å². The van der Waals surface area contributed by atoms with Crippen molar-refractivity contribution in [2.45, 2.75) is 26.7 Å². The summed E-state index contributed by atoms with van der Waals surface area (Å²) < 4.78 is 1.04. The van der Waals surface area contributed by atoms with Gasteiger partial charge in [-0.05, 0) is 47.6 Å². The highest BCUT2D eigenvalue weighted by atomic mass is 127. The van der Waals surface area contributed by atoms with Crippen molar-refractivity contribution in [3.8, 4) is 0 Å². The van der Waals surface area contributed by atoms with E-state index in [1.54, 1.807) is 0 Å². The Morgan fingerprint density at radius 1 is 1.39 bits per heavy atom. The number of hydrogen-bond acceptors (Lipinski definition) is 1. The number of unbranched alkanes of at least 4 members (excludes halogenated alkanes) is 1. The first-order valence-electron chi connectivity index (χ1n) is 6.22. The molecule has 1 aromatic carbocycles. The summed E-state index contributed by atoms with van der Waals surface area (Å²) in [5, 5.41) is 0. The zero-order valence-electron chi connectivity index (χ0n) is 10.9. The molecular formula is C14H19ClINO. The summed E-state index contributed by atoms with van der Waals surface area (Å²) in [6, 6.07) is 5.85. The van der Waals surface area contributed by atoms with E-state index in [1.165, 1.54) is 0 Å². The minimum absolute atomic E-state index is 0.0946. The number of nitrogens with zero attached hydrogens (tertiary/aromatic N) is 1. The monoisotopic (exact) mass is 379 g/mol. The van der Waals surface area contributed by atoms with Gasteiger partial charge in [0.25, 0.3) is 5.91 Å². The van der Waals surface area contributed by atoms with Crippen LogP contribution in [0.5, 0.6) is 0 Å². The number of alkyl halides is 1. The number of carbonyl (C=O) groups is 1. The SMILES string of the molecule is CCCCN(CCCl)C(=O)c1cccc(C)c1I. The molecule has 4 heteroatoms. The average Bonchev–Trinajstić information content (AvgIpc) is 2.37. The van der Waals surface area contributed by atoms with Gasteiger partial charge in [-0.25, -0.2) is 0 Å². The number of halogens is 2. The molecule has 0 spiro atoms. The molecule has 0 fully saturated rings. The van der Waals surface area contributed by atoms with Crippen LogP contribution in [0.3, 0.4) is 0 Å². The first-order chi connectivity index (χ1) is 8.61. The van der Waals surface area contributed by atoms with Crippen LogP contribution in [-0.4, -0.2) is 29.8 Å². The van der Waals surface area contributed by atoms with Gasteiger partial charge in [-0.15, -0.1) is 11.6 Å². The molecule has 0 saturated carbocycles. The summed E-state index contributed by atoms with van der Waals surface area (Å²) in [7, 11) is 0. The maximum Gasteiger partial charge on any atom is 0.254 e. The van der Waals surface area contributed by atoms with Gasteiger partial charge in [-0.3, -0.25) is 4.79 Å². The second kappa shape index (κ2) is 8.00. The Labute approximate surface area is 128 Å². The molecule has 0 aliphatic rings. The largest absolute Gasteiger partial charge is 0.337 e. The van der Waals surface area contributed by atoms with Gasteiger partial charge in [0.15, 0.2) is 0 Å². The molecule has 18 heavy (non-hydrogen) atoms. The third-order valence-electron chi connectivity index (χ3n) is 2.85. The molecule has 0 aliphatic heterocycles. The molecule has 1 rings (SSSR count). The number of rotatable bonds is 6. The molecule has 1 aromatic rings. The summed E-state index contributed by atoms with van der Waals surface area (Å²) in [5.41, 5.74) is 1.93. The van der Waals surface area contributed by atoms with Crippen LogP contribution in [0, 0.1) is 10.5 Å². The maximum absolute atomic E-state index is 12.5. The van der Waals surface area contributed by atoms with Crippen LogP contribution in [0.25, 0.3) is 0 Å². The highest BCUT2D eigenvalue weighted by Gasteiger charge is 2.17. The molecule has 0 N–H and O–H groups in total. The van der Waals surface area contributed by atoms with Crippen molar-refractivity contribution in [3.05, 3.63) is 32.9 Å². The van der Waals surface area contributed by atoms with Crippen LogP contribution in [0.1, 0.15) is 35.7 Å². The lowest BCUT2D eigenvalue weighted by Crippen LogP contribution is -2.34. The molecule has 0 radical (unpaired) electrons. The van der Waals surface area contributed by atoms with E-state index in [-0.39, 0.29) is 5.91 Å². The lowest BCUT2D eigenvalue weighted by atomic mass is 10.1. The number of benzene rings is 1. The molecule has 100 valence electrons. The Hall–Kier alpha value is -0.290. The summed E-state index contributed by atoms with van der Waals surface area (Å²) >= 11 is 8.02. The molecule has 0 aromatic heterocycles. The van der Waals surface area contributed by atoms with E-state index in [9.17, 15) is 4.79 Å². The third-order valence-corrected chi connectivity index (χ3v) is 4.45. The third kappa shape index (κ3) is 4.12. The summed E-state index contributed by atoms with van der Waals surface area (Å²) in [4.78, 5) is 14.3. The number of carbonyl (C=O) groups excluding carboxylic acids is 1. The topological polar surface area (TPSA) is 20.3 Å². The Morgan fingerprint density at radius 3 is 2.72 bits per heavy atom. The minimum Gasteiger partial charge on any atom is -0.337 e. The van der Waals surface area contributed by atoms with Crippen molar-refractivity contribution >= 4 is 40.1 Å². The zero-order valence-corrected chi connectivity index (χ0v) is 13.8. The molecule has 0 heterocycles. The van der Waals surface area contributed by atoms with E-state index in [0.717, 1.165) is 34.1 Å². The Kier molecular flexibility index (Phi) is 7.00. The van der Waals surface area contributed by atoms with Gasteiger partial charge in [0.05, 0.1) is 5.56 Å². The standard InChI is InChI=1S/C14H19ClINO/c1-3-4-9-17(10-8-15)14(18)12-7-5-6-11(2)13(12)16/h5-7H,3-4,8-10H2,1-2H3. The van der Waals surface area contributed by atoms with E-state index in [2.05, 4.69) is 29.5 Å². The van der Waals surface area contributed by atoms with E-state index < -0.39 is 0 Å². The fraction of sp³-hybridized carbons (Fsp3) is 0.500. The smallest absolute Gasteiger partial charge is 0.254 e. The molecule has 1 amide bonds. The predicted molar refractivity (Wildman–Crippen MR) is 85.4 cm³/mol. The van der Waals surface area contributed by atoms with Gasteiger partial charge >= 0.3 is 0 Å². The number of hydrogen-bond donors (Lipinski definition) is 0. The fourth-order valence-electron chi connectivity index (χ4n) is 1.75. The normalized spacial score (nSPS) is 10.4. The molecular weight excluding hydrogens is 361 g/mol. The molecule has 0 unspecified atom stereocenters. The quantitative estimate of drug-likeness (QED) is 0.539. The van der Waals surface area contributed by atoms with Gasteiger partial charge in [0.2, 0.25) is 0 Å². The Bertz CT molecular complexity index is 409. The van der Waals surface area contributed by atoms with Crippen molar-refractivity contribution in [1.82, 2.24) is 4.90 Å². The molecule has 2 nitrogen and oxygen atoms in total. The van der Waals surface area contributed by atoms with Crippen molar-refractivity contribution in [2.75, 3.05) is 19.0 Å². The van der Waals surface area contributed by atoms with Crippen molar-refractivity contribution in [3.63, 3.8) is 0 Å². The molecule has 0 aliphatic carbocycles. The summed E-state index contributed by atoms with van der Waals surface area (Å²) in [5.74, 6) is 0.579. The molecule has 0 saturated heterocycles. The van der Waals surface area contributed by atoms with Crippen LogP contribution < -0.4 is 0 Å². The van der Waals surface area contributed by atoms with Crippen LogP contribution in [0.2, 0.25) is 0 Å². The first kappa shape index (κ1) is 15.8. The van der Waals surface area contributed by atoms with Gasteiger partial charge in [-0.1, -0.05) is 25.5 Å². The molecule has 0 atom stereocenters. The van der Waals surface area contributed by atoms with Crippen LogP contribution in [-0.2, 0) is 0 Å². The average molecular weight is 380 g/mol. The number of amides is 1. The summed E-state index contributed by atoms with van der Waals surface area (Å²) in [6.07, 6.45) is 2.10. The lowest BCUT2D eigenvalue weighted by Gasteiger charge is -2.22. The van der Waals surface area contributed by atoms with Gasteiger partial charge < -0.3 is 4.90 Å². The number of aryl methyl sites for hydroxylation is 1. The van der Waals surface area contributed by atoms with Crippen LogP contribution in [0.15, 0.2) is 18.2 Å². The van der Waals surface area contributed by atoms with Crippen molar-refractivity contribution < 1.29 is 4.79 Å². The predicted octanol–water partition coefficient (Wildman–Crippen LogP) is 4.08. The highest BCUT2D eigenvalue weighted by Crippen LogP contribution is 2.18. The fourth-order valence-corrected chi connectivity index (χ4v) is 2.54. The van der Waals surface area contributed by atoms with E-state index >= 15 is 0 Å². The van der Waals surface area contributed by atoms with E-state index in [1.807, 2.05) is 30.0 Å². The second-order valence-electron chi connectivity index (χ2n) is 4.27. The van der Waals surface area contributed by atoms with Crippen molar-refractivity contribution in [1.29, 1.82) is 0 Å². The van der Waals surface area contributed by atoms with Crippen LogP contribution in [0.4, 0.5) is 0 Å². The van der Waals surface area contributed by atoms with E-state index in [4.69, 9.17) is 11.6 Å². The Balaban J connectivity index is 2.90. The van der Waals surface area contributed by atoms with Crippen molar-refractivity contribution in [2.24, 2.45) is 0 Å². The second-order valence-corrected chi connectivity index (χ2v) is 5.73. The zero-order chi connectivity index (χ0) is 13.5. The van der Waals surface area contributed by atoms with Gasteiger partial charge in [0, 0.05) is 22.5 Å². The highest BCUT2D eigenvalue weighted by molar-refractivity contribution is 14.1. The first-order valence-corrected chi connectivity index (χ1v) is 7.83. The van der Waals surface area contributed by atoms with Gasteiger partial charge in [0.1, 0.15) is 0 Å². The maximum atomic E-state index is 12.5. The van der Waals surface area contributed by atoms with E-state index in [0.29, 0.717) is 12.4 Å². The Morgan fingerprint density at radius 2 is 2.11 bits per heavy atom. The molecule has 0 bridgehead atoms. The minimum atomic E-state index is 0.0946. The van der Waals surface area contributed by atoms with Gasteiger partial charge in [-0.2, -0.15) is 0 Å². The lowest BCUT2D eigenvalue weighted by molar-refractivity contribution is 0.0762. The summed E-state index contributed by atoms with van der Waals surface area (Å²) in [6.45, 7) is 5.55.